The molecule has 0 aromatic carbocycles. The standard InChI is InChI=1S/C7H16NO.2FH.Li/c1-8(7-9-2)5-3-4-6-8;;;/h3-7H2,1-2H3;2*1H;/q+1;;;+1/p-2. The van der Waals surface area contributed by atoms with E-state index >= 15 is 0 Å². The number of likely N-dealkylation sites (tertiary alicyclic amines) is 1. The van der Waals surface area contributed by atoms with Crippen molar-refractivity contribution < 1.29 is 37.5 Å². The van der Waals surface area contributed by atoms with Crippen molar-refractivity contribution in [3.8, 4) is 0 Å². The first-order chi connectivity index (χ1) is 4.27. The average molecular weight is 175 g/mol. The van der Waals surface area contributed by atoms with Crippen LogP contribution in [-0.4, -0.2) is 38.5 Å². The quantitative estimate of drug-likeness (QED) is 0.299. The van der Waals surface area contributed by atoms with E-state index < -0.39 is 0 Å². The van der Waals surface area contributed by atoms with Crippen LogP contribution in [0, 0.1) is 0 Å². The maximum absolute atomic E-state index is 5.10. The Balaban J connectivity index is -0.000000270. The third-order valence-corrected chi connectivity index (χ3v) is 2.09. The van der Waals surface area contributed by atoms with Crippen LogP contribution >= 0.6 is 0 Å². The summed E-state index contributed by atoms with van der Waals surface area (Å²) in [7, 11) is 4.04. The van der Waals surface area contributed by atoms with Gasteiger partial charge in [0.2, 0.25) is 0 Å². The van der Waals surface area contributed by atoms with Crippen molar-refractivity contribution in [1.82, 2.24) is 0 Å². The van der Waals surface area contributed by atoms with Gasteiger partial charge in [-0.25, -0.2) is 0 Å². The number of rotatable bonds is 2. The SMILES string of the molecule is COC[N+]1(C)CCCC1.[F-].[F-].[Li+]. The Morgan fingerprint density at radius 3 is 1.92 bits per heavy atom. The van der Waals surface area contributed by atoms with Crippen LogP contribution in [0.3, 0.4) is 0 Å². The van der Waals surface area contributed by atoms with Crippen LogP contribution in [0.2, 0.25) is 0 Å². The number of hydrogen-bond acceptors (Lipinski definition) is 1. The zero-order chi connectivity index (χ0) is 6.74. The third kappa shape index (κ3) is 5.10. The van der Waals surface area contributed by atoms with Gasteiger partial charge in [-0.1, -0.05) is 0 Å². The van der Waals surface area contributed by atoms with Crippen molar-refractivity contribution in [3.05, 3.63) is 0 Å². The summed E-state index contributed by atoms with van der Waals surface area (Å²) in [6.45, 7) is 3.49. The predicted octanol–water partition coefficient (Wildman–Crippen LogP) is -8.16. The summed E-state index contributed by atoms with van der Waals surface area (Å²) in [5, 5.41) is 0. The molecule has 0 unspecified atom stereocenters. The Hall–Kier alpha value is 0.377. The van der Waals surface area contributed by atoms with E-state index in [0.717, 1.165) is 11.2 Å². The van der Waals surface area contributed by atoms with E-state index in [2.05, 4.69) is 7.05 Å². The largest absolute Gasteiger partial charge is 1.00 e. The first-order valence-corrected chi connectivity index (χ1v) is 3.59. The number of methoxy groups -OCH3 is 1. The zero-order valence-corrected chi connectivity index (χ0v) is 8.15. The molecule has 12 heavy (non-hydrogen) atoms. The minimum atomic E-state index is 0. The molecule has 0 saturated carbocycles. The van der Waals surface area contributed by atoms with Crippen molar-refractivity contribution in [3.63, 3.8) is 0 Å². The first-order valence-electron chi connectivity index (χ1n) is 3.59. The smallest absolute Gasteiger partial charge is 1.00 e. The molecule has 1 rings (SSSR count). The molecule has 0 radical (unpaired) electrons. The van der Waals surface area contributed by atoms with Crippen LogP contribution in [0.4, 0.5) is 0 Å². The van der Waals surface area contributed by atoms with Crippen LogP contribution < -0.4 is 28.3 Å². The summed E-state index contributed by atoms with van der Waals surface area (Å²) < 4.78 is 6.22. The second kappa shape index (κ2) is 8.00. The van der Waals surface area contributed by atoms with Crippen LogP contribution in [0.15, 0.2) is 0 Å². The summed E-state index contributed by atoms with van der Waals surface area (Å²) in [4.78, 5) is 0. The van der Waals surface area contributed by atoms with Gasteiger partial charge in [-0.3, -0.25) is 0 Å². The van der Waals surface area contributed by atoms with Crippen LogP contribution in [0.5, 0.6) is 0 Å². The second-order valence-electron chi connectivity index (χ2n) is 3.19. The maximum atomic E-state index is 5.10. The third-order valence-electron chi connectivity index (χ3n) is 2.09. The van der Waals surface area contributed by atoms with E-state index in [4.69, 9.17) is 4.74 Å². The van der Waals surface area contributed by atoms with E-state index in [-0.39, 0.29) is 28.3 Å². The number of quaternary nitrogens is 1. The van der Waals surface area contributed by atoms with Gasteiger partial charge < -0.3 is 18.6 Å². The molecule has 5 heteroatoms. The normalized spacial score (nSPS) is 18.5. The van der Waals surface area contributed by atoms with Crippen molar-refractivity contribution in [2.24, 2.45) is 0 Å². The maximum Gasteiger partial charge on any atom is 1.00 e. The van der Waals surface area contributed by atoms with E-state index in [9.17, 15) is 0 Å². The summed E-state index contributed by atoms with van der Waals surface area (Å²) in [6.07, 6.45) is 2.75. The fraction of sp³-hybridized carbons (Fsp3) is 1.00. The molecule has 0 aromatic heterocycles. The molecule has 0 N–H and O–H groups in total. The van der Waals surface area contributed by atoms with Gasteiger partial charge in [0.1, 0.15) is 0 Å². The molecule has 1 aliphatic heterocycles. The van der Waals surface area contributed by atoms with E-state index in [1.165, 1.54) is 25.9 Å². The van der Waals surface area contributed by atoms with Gasteiger partial charge in [0, 0.05) is 20.0 Å². The van der Waals surface area contributed by atoms with Crippen molar-refractivity contribution in [2.45, 2.75) is 12.8 Å². The molecule has 1 saturated heterocycles. The molecule has 70 valence electrons. The zero-order valence-electron chi connectivity index (χ0n) is 8.15. The van der Waals surface area contributed by atoms with Gasteiger partial charge >= 0.3 is 18.9 Å². The molecule has 0 aromatic rings. The molecule has 1 heterocycles. The summed E-state index contributed by atoms with van der Waals surface area (Å²) in [5.41, 5.74) is 0. The number of ether oxygens (including phenoxy) is 1. The summed E-state index contributed by atoms with van der Waals surface area (Å²) in [5.74, 6) is 0. The molecule has 0 bridgehead atoms. The number of hydrogen-bond donors (Lipinski definition) is 0. The average Bonchev–Trinajstić information content (AvgIpc) is 2.16. The first kappa shape index (κ1) is 18.2. The summed E-state index contributed by atoms with van der Waals surface area (Å²) in [6, 6.07) is 0. The number of nitrogens with zero attached hydrogens (tertiary/aromatic N) is 1. The molecule has 1 aliphatic rings. The molecule has 2 nitrogen and oxygen atoms in total. The Labute approximate surface area is 84.8 Å². The van der Waals surface area contributed by atoms with E-state index in [1.54, 1.807) is 7.11 Å². The van der Waals surface area contributed by atoms with Crippen molar-refractivity contribution in [1.29, 1.82) is 0 Å². The Morgan fingerprint density at radius 1 is 1.17 bits per heavy atom. The predicted molar refractivity (Wildman–Crippen MR) is 37.0 cm³/mol. The second-order valence-corrected chi connectivity index (χ2v) is 3.19. The van der Waals surface area contributed by atoms with Gasteiger partial charge in [-0.15, -0.1) is 0 Å². The van der Waals surface area contributed by atoms with Gasteiger partial charge in [-0.05, 0) is 0 Å². The molecule has 0 atom stereocenters. The van der Waals surface area contributed by atoms with Crippen molar-refractivity contribution in [2.75, 3.05) is 34.0 Å². The van der Waals surface area contributed by atoms with Crippen LogP contribution in [-0.2, 0) is 4.74 Å². The van der Waals surface area contributed by atoms with Gasteiger partial charge in [-0.2, -0.15) is 0 Å². The number of halogens is 2. The Bertz CT molecular complexity index is 99.4. The van der Waals surface area contributed by atoms with Crippen LogP contribution in [0.1, 0.15) is 12.8 Å². The van der Waals surface area contributed by atoms with Gasteiger partial charge in [0.15, 0.2) is 6.73 Å². The molecule has 1 fully saturated rings. The van der Waals surface area contributed by atoms with Gasteiger partial charge in [0.25, 0.3) is 0 Å². The van der Waals surface area contributed by atoms with E-state index in [1.807, 2.05) is 0 Å². The fourth-order valence-corrected chi connectivity index (χ4v) is 1.54. The summed E-state index contributed by atoms with van der Waals surface area (Å²) >= 11 is 0. The minimum absolute atomic E-state index is 0. The monoisotopic (exact) mass is 175 g/mol. The Morgan fingerprint density at radius 2 is 1.58 bits per heavy atom. The van der Waals surface area contributed by atoms with Gasteiger partial charge in [0.05, 0.1) is 20.1 Å². The Kier molecular flexibility index (Phi) is 12.1. The molecule has 0 aliphatic carbocycles. The molecular formula is C7H16F2LiNO. The van der Waals surface area contributed by atoms with Crippen molar-refractivity contribution >= 4 is 0 Å². The van der Waals surface area contributed by atoms with E-state index in [0.29, 0.717) is 0 Å². The molecular weight excluding hydrogens is 159 g/mol. The topological polar surface area (TPSA) is 9.23 Å². The van der Waals surface area contributed by atoms with Crippen LogP contribution in [0.25, 0.3) is 0 Å². The molecule has 0 amide bonds. The minimum Gasteiger partial charge on any atom is -1.00 e. The fourth-order valence-electron chi connectivity index (χ4n) is 1.54. The molecule has 0 spiro atoms.